The van der Waals surface area contributed by atoms with Crippen molar-refractivity contribution in [2.75, 3.05) is 29.9 Å². The summed E-state index contributed by atoms with van der Waals surface area (Å²) >= 11 is 0. The molecule has 7 nitrogen and oxygen atoms in total. The van der Waals surface area contributed by atoms with Gasteiger partial charge < -0.3 is 20.5 Å². The van der Waals surface area contributed by atoms with Crippen molar-refractivity contribution in [2.45, 2.75) is 25.1 Å². The zero-order valence-corrected chi connectivity index (χ0v) is 16.0. The molecule has 30 heavy (non-hydrogen) atoms. The van der Waals surface area contributed by atoms with Gasteiger partial charge in [-0.25, -0.2) is 9.97 Å². The average Bonchev–Trinajstić information content (AvgIpc) is 3.21. The lowest BCUT2D eigenvalue weighted by molar-refractivity contribution is -0.137. The zero-order chi connectivity index (χ0) is 21.1. The van der Waals surface area contributed by atoms with E-state index in [9.17, 15) is 18.0 Å². The minimum Gasteiger partial charge on any atom is -0.376 e. The molecule has 1 amide bonds. The predicted octanol–water partition coefficient (Wildman–Crippen LogP) is 3.17. The van der Waals surface area contributed by atoms with E-state index in [1.807, 2.05) is 12.3 Å². The van der Waals surface area contributed by atoms with Crippen LogP contribution in [0.4, 0.5) is 24.7 Å². The van der Waals surface area contributed by atoms with E-state index in [0.29, 0.717) is 12.2 Å². The van der Waals surface area contributed by atoms with Gasteiger partial charge in [-0.1, -0.05) is 0 Å². The summed E-state index contributed by atoms with van der Waals surface area (Å²) in [6.07, 6.45) is 0.721. The van der Waals surface area contributed by atoms with Crippen LogP contribution >= 0.6 is 0 Å². The zero-order valence-electron chi connectivity index (χ0n) is 16.0. The first-order valence-electron chi connectivity index (χ1n) is 9.64. The Morgan fingerprint density at radius 2 is 2.00 bits per heavy atom. The van der Waals surface area contributed by atoms with Crippen LogP contribution in [-0.2, 0) is 11.0 Å². The third-order valence-corrected chi connectivity index (χ3v) is 5.08. The third kappa shape index (κ3) is 4.47. The highest BCUT2D eigenvalue weighted by atomic mass is 19.4. The molecule has 3 aromatic rings. The molecule has 3 N–H and O–H groups in total. The molecular formula is C20H21F3N6O. The Labute approximate surface area is 170 Å². The van der Waals surface area contributed by atoms with Gasteiger partial charge in [-0.05, 0) is 43.2 Å². The molecule has 10 heteroatoms. The number of aromatic amines is 1. The minimum absolute atomic E-state index is 0.0164. The van der Waals surface area contributed by atoms with Crippen LogP contribution in [0.2, 0.25) is 0 Å². The highest BCUT2D eigenvalue weighted by Crippen LogP contribution is 2.29. The van der Waals surface area contributed by atoms with Gasteiger partial charge in [0.1, 0.15) is 17.8 Å². The van der Waals surface area contributed by atoms with Gasteiger partial charge in [0, 0.05) is 31.0 Å². The molecule has 3 heterocycles. The molecule has 1 aromatic carbocycles. The maximum atomic E-state index is 12.6. The van der Waals surface area contributed by atoms with Crippen LogP contribution in [0.15, 0.2) is 42.9 Å². The number of rotatable bonds is 5. The molecule has 2 aromatic heterocycles. The van der Waals surface area contributed by atoms with Crippen LogP contribution < -0.4 is 15.5 Å². The smallest absolute Gasteiger partial charge is 0.376 e. The summed E-state index contributed by atoms with van der Waals surface area (Å²) < 4.78 is 37.9. The van der Waals surface area contributed by atoms with Crippen molar-refractivity contribution in [1.29, 1.82) is 0 Å². The molecule has 1 atom stereocenters. The van der Waals surface area contributed by atoms with Crippen LogP contribution in [0.3, 0.4) is 0 Å². The van der Waals surface area contributed by atoms with E-state index in [1.54, 1.807) is 0 Å². The van der Waals surface area contributed by atoms with Crippen molar-refractivity contribution in [3.63, 3.8) is 0 Å². The summed E-state index contributed by atoms with van der Waals surface area (Å²) in [6.45, 7) is 1.45. The fourth-order valence-electron chi connectivity index (χ4n) is 3.64. The number of alkyl halides is 3. The Balaban J connectivity index is 1.32. The number of nitrogens with one attached hydrogen (secondary N) is 3. The second-order valence-electron chi connectivity index (χ2n) is 7.22. The van der Waals surface area contributed by atoms with E-state index in [0.717, 1.165) is 48.4 Å². The van der Waals surface area contributed by atoms with Gasteiger partial charge in [-0.2, -0.15) is 13.2 Å². The van der Waals surface area contributed by atoms with E-state index in [2.05, 4.69) is 30.5 Å². The number of carbonyl (C=O) groups excluding carboxylic acids is 1. The number of anilines is 2. The minimum atomic E-state index is -4.38. The van der Waals surface area contributed by atoms with Crippen LogP contribution in [-0.4, -0.2) is 46.5 Å². The second-order valence-corrected chi connectivity index (χ2v) is 7.22. The van der Waals surface area contributed by atoms with Gasteiger partial charge in [-0.3, -0.25) is 4.79 Å². The molecule has 4 rings (SSSR count). The Morgan fingerprint density at radius 1 is 1.20 bits per heavy atom. The summed E-state index contributed by atoms with van der Waals surface area (Å²) in [7, 11) is 0. The molecule has 1 aliphatic heterocycles. The molecule has 1 unspecified atom stereocenters. The molecule has 1 aliphatic rings. The van der Waals surface area contributed by atoms with Crippen molar-refractivity contribution in [3.8, 4) is 0 Å². The molecular weight excluding hydrogens is 397 g/mol. The van der Waals surface area contributed by atoms with Crippen molar-refractivity contribution < 1.29 is 18.0 Å². The van der Waals surface area contributed by atoms with Gasteiger partial charge in [0.05, 0.1) is 17.5 Å². The lowest BCUT2D eigenvalue weighted by atomic mass is 10.1. The summed E-state index contributed by atoms with van der Waals surface area (Å²) in [5, 5.41) is 6.79. The number of hydrogen-bond acceptors (Lipinski definition) is 5. The summed E-state index contributed by atoms with van der Waals surface area (Å²) in [6, 6.07) is 6.50. The van der Waals surface area contributed by atoms with Crippen molar-refractivity contribution in [2.24, 2.45) is 0 Å². The highest BCUT2D eigenvalue weighted by Gasteiger charge is 2.30. The standard InChI is InChI=1S/C20H21F3N6O/c21-20(22,23)13-3-5-14(6-4-13)25-10-17(30)28-15-2-1-9-29(11-15)19-16-7-8-24-18(16)26-12-27-19/h3-8,12,15,25H,1-2,9-11H2,(H,28,30)(H,24,26,27). The SMILES string of the molecule is O=C(CNc1ccc(C(F)(F)F)cc1)NC1CCCN(c2ncnc3[nH]ccc23)C1. The lowest BCUT2D eigenvalue weighted by Gasteiger charge is -2.34. The maximum Gasteiger partial charge on any atom is 0.416 e. The highest BCUT2D eigenvalue weighted by molar-refractivity contribution is 5.87. The van der Waals surface area contributed by atoms with E-state index in [4.69, 9.17) is 0 Å². The summed E-state index contributed by atoms with van der Waals surface area (Å²) in [5.74, 6) is 0.624. The molecule has 0 saturated carbocycles. The van der Waals surface area contributed by atoms with E-state index in [-0.39, 0.29) is 18.5 Å². The molecule has 1 fully saturated rings. The number of benzene rings is 1. The molecule has 0 spiro atoms. The largest absolute Gasteiger partial charge is 0.416 e. The normalized spacial score (nSPS) is 17.2. The summed E-state index contributed by atoms with van der Waals surface area (Å²) in [4.78, 5) is 26.1. The molecule has 0 aliphatic carbocycles. The number of H-pyrrole nitrogens is 1. The number of aromatic nitrogens is 3. The van der Waals surface area contributed by atoms with Crippen LogP contribution in [0, 0.1) is 0 Å². The molecule has 0 bridgehead atoms. The van der Waals surface area contributed by atoms with Gasteiger partial charge in [-0.15, -0.1) is 0 Å². The van der Waals surface area contributed by atoms with Crippen LogP contribution in [0.5, 0.6) is 0 Å². The van der Waals surface area contributed by atoms with Crippen molar-refractivity contribution in [1.82, 2.24) is 20.3 Å². The Hall–Kier alpha value is -3.30. The summed E-state index contributed by atoms with van der Waals surface area (Å²) in [5.41, 5.74) is 0.507. The first-order valence-corrected chi connectivity index (χ1v) is 9.64. The molecule has 1 saturated heterocycles. The van der Waals surface area contributed by atoms with E-state index < -0.39 is 11.7 Å². The topological polar surface area (TPSA) is 85.9 Å². The number of piperidine rings is 1. The average molecular weight is 418 g/mol. The number of halogens is 3. The number of carbonyl (C=O) groups is 1. The first-order chi connectivity index (χ1) is 14.4. The van der Waals surface area contributed by atoms with Crippen molar-refractivity contribution in [3.05, 3.63) is 48.4 Å². The molecule has 158 valence electrons. The number of nitrogens with zero attached hydrogens (tertiary/aromatic N) is 3. The maximum absolute atomic E-state index is 12.6. The van der Waals surface area contributed by atoms with Crippen LogP contribution in [0.1, 0.15) is 18.4 Å². The van der Waals surface area contributed by atoms with Gasteiger partial charge in [0.25, 0.3) is 0 Å². The number of hydrogen-bond donors (Lipinski definition) is 3. The predicted molar refractivity (Wildman–Crippen MR) is 107 cm³/mol. The van der Waals surface area contributed by atoms with E-state index >= 15 is 0 Å². The lowest BCUT2D eigenvalue weighted by Crippen LogP contribution is -2.49. The van der Waals surface area contributed by atoms with Crippen molar-refractivity contribution >= 4 is 28.4 Å². The second kappa shape index (κ2) is 8.21. The van der Waals surface area contributed by atoms with Crippen LogP contribution in [0.25, 0.3) is 11.0 Å². The monoisotopic (exact) mass is 418 g/mol. The van der Waals surface area contributed by atoms with Gasteiger partial charge in [0.2, 0.25) is 5.91 Å². The van der Waals surface area contributed by atoms with Gasteiger partial charge in [0.15, 0.2) is 0 Å². The number of amides is 1. The van der Waals surface area contributed by atoms with E-state index in [1.165, 1.54) is 18.5 Å². The Bertz CT molecular complexity index is 1020. The third-order valence-electron chi connectivity index (χ3n) is 5.08. The Morgan fingerprint density at radius 3 is 2.77 bits per heavy atom. The first kappa shape index (κ1) is 20.0. The fourth-order valence-corrected chi connectivity index (χ4v) is 3.64. The Kier molecular flexibility index (Phi) is 5.47. The quantitative estimate of drug-likeness (QED) is 0.593. The van der Waals surface area contributed by atoms with Gasteiger partial charge >= 0.3 is 6.18 Å². The number of fused-ring (bicyclic) bond motifs is 1. The fraction of sp³-hybridized carbons (Fsp3) is 0.350. The molecule has 0 radical (unpaired) electrons.